The Bertz CT molecular complexity index is 1340. The third kappa shape index (κ3) is 6.06. The Balaban J connectivity index is 1.62. The van der Waals surface area contributed by atoms with Crippen molar-refractivity contribution in [2.24, 2.45) is 4.99 Å². The lowest BCUT2D eigenvalue weighted by atomic mass is 10.0. The predicted molar refractivity (Wildman–Crippen MR) is 156 cm³/mol. The lowest BCUT2D eigenvalue weighted by Gasteiger charge is -2.31. The van der Waals surface area contributed by atoms with Crippen LogP contribution in [0, 0.1) is 19.7 Å². The van der Waals surface area contributed by atoms with E-state index < -0.39 is 0 Å². The summed E-state index contributed by atoms with van der Waals surface area (Å²) in [5.41, 5.74) is 5.47. The monoisotopic (exact) mass is 531 g/mol. The third-order valence-corrected chi connectivity index (χ3v) is 7.05. The highest BCUT2D eigenvalue weighted by atomic mass is 19.1. The molecule has 0 radical (unpaired) electrons. The molecule has 0 aromatic heterocycles. The van der Waals surface area contributed by atoms with Crippen LogP contribution >= 0.6 is 0 Å². The van der Waals surface area contributed by atoms with Gasteiger partial charge in [0.05, 0.1) is 12.8 Å². The number of rotatable bonds is 7. The van der Waals surface area contributed by atoms with Gasteiger partial charge < -0.3 is 25.2 Å². The summed E-state index contributed by atoms with van der Waals surface area (Å²) in [5, 5.41) is 6.75. The van der Waals surface area contributed by atoms with E-state index in [0.717, 1.165) is 54.1 Å². The zero-order valence-corrected chi connectivity index (χ0v) is 23.5. The average molecular weight is 532 g/mol. The van der Waals surface area contributed by atoms with Crippen LogP contribution in [0.25, 0.3) is 5.70 Å². The summed E-state index contributed by atoms with van der Waals surface area (Å²) < 4.78 is 20.1. The first-order chi connectivity index (χ1) is 18.9. The summed E-state index contributed by atoms with van der Waals surface area (Å²) >= 11 is 0. The van der Waals surface area contributed by atoms with E-state index in [0.29, 0.717) is 30.1 Å². The van der Waals surface area contributed by atoms with Gasteiger partial charge in [-0.3, -0.25) is 4.79 Å². The second kappa shape index (κ2) is 12.8. The number of carbonyl (C=O) groups is 1. The van der Waals surface area contributed by atoms with Crippen molar-refractivity contribution in [3.8, 4) is 5.75 Å². The number of amidine groups is 1. The second-order valence-electron chi connectivity index (χ2n) is 9.65. The average Bonchev–Trinajstić information content (AvgIpc) is 2.95. The Morgan fingerprint density at radius 2 is 1.92 bits per heavy atom. The number of piperazine rings is 1. The Labute approximate surface area is 230 Å². The van der Waals surface area contributed by atoms with Gasteiger partial charge in [0.25, 0.3) is 5.91 Å². The molecule has 2 aliphatic heterocycles. The number of hydrogen-bond acceptors (Lipinski definition) is 6. The molecule has 2 aromatic carbocycles. The first-order valence-corrected chi connectivity index (χ1v) is 13.5. The summed E-state index contributed by atoms with van der Waals surface area (Å²) in [6.45, 7) is 10.9. The number of anilines is 1. The molecule has 0 saturated carbocycles. The third-order valence-electron chi connectivity index (χ3n) is 7.05. The van der Waals surface area contributed by atoms with E-state index in [9.17, 15) is 9.18 Å². The second-order valence-corrected chi connectivity index (χ2v) is 9.65. The highest BCUT2D eigenvalue weighted by Crippen LogP contribution is 2.33. The van der Waals surface area contributed by atoms with Crippen LogP contribution in [-0.2, 0) is 0 Å². The number of benzene rings is 2. The van der Waals surface area contributed by atoms with Crippen LogP contribution in [0.5, 0.6) is 5.75 Å². The first-order valence-electron chi connectivity index (χ1n) is 13.5. The van der Waals surface area contributed by atoms with E-state index >= 15 is 0 Å². The van der Waals surface area contributed by atoms with Gasteiger partial charge in [0.1, 0.15) is 0 Å². The van der Waals surface area contributed by atoms with Crippen molar-refractivity contribution in [1.29, 1.82) is 0 Å². The molecule has 2 heterocycles. The van der Waals surface area contributed by atoms with E-state index in [-0.39, 0.29) is 17.5 Å². The van der Waals surface area contributed by atoms with E-state index in [1.54, 1.807) is 19.2 Å². The summed E-state index contributed by atoms with van der Waals surface area (Å²) in [5.74, 6) is 0.596. The molecule has 2 aromatic rings. The van der Waals surface area contributed by atoms with Gasteiger partial charge in [-0.2, -0.15) is 0 Å². The Morgan fingerprint density at radius 3 is 2.59 bits per heavy atom. The Kier molecular flexibility index (Phi) is 9.19. The van der Waals surface area contributed by atoms with Crippen LogP contribution in [0.4, 0.5) is 10.1 Å². The van der Waals surface area contributed by atoms with Crippen LogP contribution in [0.2, 0.25) is 0 Å². The molecule has 206 valence electrons. The zero-order chi connectivity index (χ0) is 27.9. The highest BCUT2D eigenvalue weighted by Gasteiger charge is 2.24. The van der Waals surface area contributed by atoms with Crippen LogP contribution in [0.3, 0.4) is 0 Å². The summed E-state index contributed by atoms with van der Waals surface area (Å²) in [4.78, 5) is 21.7. The van der Waals surface area contributed by atoms with Crippen molar-refractivity contribution in [3.63, 3.8) is 0 Å². The van der Waals surface area contributed by atoms with Gasteiger partial charge in [-0.05, 0) is 68.7 Å². The van der Waals surface area contributed by atoms with Crippen molar-refractivity contribution in [2.45, 2.75) is 40.5 Å². The zero-order valence-electron chi connectivity index (χ0n) is 23.5. The minimum atomic E-state index is -0.368. The van der Waals surface area contributed by atoms with E-state index in [1.807, 2.05) is 60.2 Å². The van der Waals surface area contributed by atoms with Gasteiger partial charge in [0.2, 0.25) is 0 Å². The molecule has 8 heteroatoms. The highest BCUT2D eigenvalue weighted by molar-refractivity contribution is 6.10. The number of nitrogens with one attached hydrogen (secondary N) is 2. The molecule has 7 nitrogen and oxygen atoms in total. The number of allylic oxidation sites excluding steroid dienone is 2. The number of hydrogen-bond donors (Lipinski definition) is 2. The quantitative estimate of drug-likeness (QED) is 0.470. The normalized spacial score (nSPS) is 16.9. The van der Waals surface area contributed by atoms with Crippen molar-refractivity contribution in [1.82, 2.24) is 15.1 Å². The minimum absolute atomic E-state index is 0.0630. The molecule has 2 N–H and O–H groups in total. The van der Waals surface area contributed by atoms with Crippen molar-refractivity contribution in [3.05, 3.63) is 88.7 Å². The first kappa shape index (κ1) is 28.1. The number of amides is 1. The van der Waals surface area contributed by atoms with Crippen LogP contribution in [0.1, 0.15) is 53.7 Å². The molecule has 0 aliphatic carbocycles. The van der Waals surface area contributed by atoms with E-state index in [1.165, 1.54) is 7.11 Å². The van der Waals surface area contributed by atoms with Crippen molar-refractivity contribution in [2.75, 3.05) is 38.6 Å². The maximum atomic E-state index is 15.0. The summed E-state index contributed by atoms with van der Waals surface area (Å²) in [6, 6.07) is 9.33. The minimum Gasteiger partial charge on any atom is -0.494 e. The van der Waals surface area contributed by atoms with Gasteiger partial charge in [-0.1, -0.05) is 25.5 Å². The molecule has 1 fully saturated rings. The fraction of sp³-hybridized carbons (Fsp3) is 0.355. The Morgan fingerprint density at radius 1 is 1.18 bits per heavy atom. The summed E-state index contributed by atoms with van der Waals surface area (Å²) in [6.07, 6.45) is 9.57. The SMILES string of the molecule is C/C=C(/c1ccc(OC)c(F)c1C)N1C=CN=C(Nc2ccc(C(=O)N3CCNCC3)c(C)c2)/C1=C\CCC. The fourth-order valence-electron chi connectivity index (χ4n) is 4.89. The van der Waals surface area contributed by atoms with Gasteiger partial charge >= 0.3 is 0 Å². The number of nitrogens with zero attached hydrogens (tertiary/aromatic N) is 3. The lowest BCUT2D eigenvalue weighted by molar-refractivity contribution is 0.0735. The molecule has 4 rings (SSSR count). The number of aryl methyl sites for hydroxylation is 1. The molecule has 0 spiro atoms. The van der Waals surface area contributed by atoms with Crippen LogP contribution in [-0.4, -0.2) is 54.8 Å². The van der Waals surface area contributed by atoms with Gasteiger partial charge in [0.15, 0.2) is 17.4 Å². The number of ether oxygens (including phenoxy) is 1. The molecule has 0 bridgehead atoms. The van der Waals surface area contributed by atoms with Gasteiger partial charge in [-0.25, -0.2) is 9.38 Å². The molecular weight excluding hydrogens is 493 g/mol. The number of halogens is 1. The standard InChI is InChI=1S/C31H38FN5O2/c1-6-8-9-27-30(35-23-10-11-24(21(3)20-23)31(38)36-17-14-33-15-18-36)34-16-19-37(27)26(7-2)25-12-13-28(39-5)29(32)22(25)4/h7,9-13,16,19-20,33H,6,8,14-15,17-18H2,1-5H3,(H,34,35)/b26-7-,27-9+. The smallest absolute Gasteiger partial charge is 0.254 e. The molecule has 0 unspecified atom stereocenters. The molecule has 1 amide bonds. The van der Waals surface area contributed by atoms with Crippen LogP contribution in [0.15, 0.2) is 65.6 Å². The van der Waals surface area contributed by atoms with Gasteiger partial charge in [0, 0.05) is 61.1 Å². The topological polar surface area (TPSA) is 69.2 Å². The lowest BCUT2D eigenvalue weighted by Crippen LogP contribution is -2.46. The van der Waals surface area contributed by atoms with E-state index in [4.69, 9.17) is 4.74 Å². The molecule has 1 saturated heterocycles. The Hall–Kier alpha value is -3.91. The number of carbonyl (C=O) groups excluding carboxylic acids is 1. The number of unbranched alkanes of at least 4 members (excludes halogenated alkanes) is 1. The number of aliphatic imine (C=N–C) groups is 1. The molecule has 39 heavy (non-hydrogen) atoms. The molecule has 2 aliphatic rings. The molecular formula is C31H38FN5O2. The van der Waals surface area contributed by atoms with Crippen molar-refractivity contribution >= 4 is 23.1 Å². The fourth-order valence-corrected chi connectivity index (χ4v) is 4.89. The van der Waals surface area contributed by atoms with Crippen LogP contribution < -0.4 is 15.4 Å². The van der Waals surface area contributed by atoms with Crippen molar-refractivity contribution < 1.29 is 13.9 Å². The predicted octanol–water partition coefficient (Wildman–Crippen LogP) is 5.84. The molecule has 0 atom stereocenters. The maximum absolute atomic E-state index is 15.0. The summed E-state index contributed by atoms with van der Waals surface area (Å²) in [7, 11) is 1.47. The maximum Gasteiger partial charge on any atom is 0.254 e. The number of methoxy groups -OCH3 is 1. The largest absolute Gasteiger partial charge is 0.494 e. The van der Waals surface area contributed by atoms with E-state index in [2.05, 4.69) is 28.6 Å². The van der Waals surface area contributed by atoms with Gasteiger partial charge in [-0.15, -0.1) is 0 Å².